The Morgan fingerprint density at radius 3 is 2.00 bits per heavy atom. The lowest BCUT2D eigenvalue weighted by Gasteiger charge is -2.25. The van der Waals surface area contributed by atoms with E-state index in [4.69, 9.17) is 0 Å². The first-order chi connectivity index (χ1) is 14.9. The molecule has 0 saturated heterocycles. The fourth-order valence-electron chi connectivity index (χ4n) is 3.04. The first kappa shape index (κ1) is 26.0. The van der Waals surface area contributed by atoms with E-state index in [1.807, 2.05) is 27.7 Å². The van der Waals surface area contributed by atoms with Crippen molar-refractivity contribution in [3.05, 3.63) is 46.8 Å². The molecule has 2 aromatic rings. The highest BCUT2D eigenvalue weighted by Gasteiger charge is 2.26. The van der Waals surface area contributed by atoms with E-state index in [1.54, 1.807) is 25.5 Å². The van der Waals surface area contributed by atoms with Gasteiger partial charge in [-0.15, -0.1) is 11.3 Å². The van der Waals surface area contributed by atoms with Crippen LogP contribution in [0.5, 0.6) is 0 Å². The minimum absolute atomic E-state index is 0.150. The van der Waals surface area contributed by atoms with Crippen LogP contribution in [0, 0.1) is 11.8 Å². The smallest absolute Gasteiger partial charge is 0.268 e. The SMILES string of the molecule is CC(C)CN(CC(C)C)S(=O)(=O)c1ccc(C(=O)Nc2sccc2C(=O)NN(C)C)cc1. The molecule has 2 amide bonds. The van der Waals surface area contributed by atoms with Crippen molar-refractivity contribution in [1.82, 2.24) is 14.7 Å². The Balaban J connectivity index is 2.19. The van der Waals surface area contributed by atoms with Gasteiger partial charge in [0, 0.05) is 32.7 Å². The monoisotopic (exact) mass is 480 g/mol. The topological polar surface area (TPSA) is 98.8 Å². The molecule has 0 fully saturated rings. The molecular weight excluding hydrogens is 448 g/mol. The van der Waals surface area contributed by atoms with Crippen LogP contribution in [0.3, 0.4) is 0 Å². The largest absolute Gasteiger partial charge is 0.313 e. The van der Waals surface area contributed by atoms with Crippen LogP contribution in [-0.4, -0.2) is 56.7 Å². The molecule has 0 spiro atoms. The van der Waals surface area contributed by atoms with Gasteiger partial charge in [0.1, 0.15) is 5.00 Å². The van der Waals surface area contributed by atoms with Gasteiger partial charge in [0.2, 0.25) is 10.0 Å². The molecule has 10 heteroatoms. The normalized spacial score (nSPS) is 12.1. The van der Waals surface area contributed by atoms with Gasteiger partial charge < -0.3 is 5.32 Å². The van der Waals surface area contributed by atoms with Crippen LogP contribution in [-0.2, 0) is 10.0 Å². The van der Waals surface area contributed by atoms with E-state index in [1.165, 1.54) is 44.9 Å². The molecule has 1 heterocycles. The summed E-state index contributed by atoms with van der Waals surface area (Å²) in [6.07, 6.45) is 0. The molecule has 0 saturated carbocycles. The van der Waals surface area contributed by atoms with Crippen molar-refractivity contribution >= 4 is 38.2 Å². The van der Waals surface area contributed by atoms with Crippen LogP contribution in [0.15, 0.2) is 40.6 Å². The Morgan fingerprint density at radius 1 is 0.938 bits per heavy atom. The number of thiophene rings is 1. The number of hydrazine groups is 1. The molecular formula is C22H32N4O4S2. The predicted octanol–water partition coefficient (Wildman–Crippen LogP) is 3.51. The minimum Gasteiger partial charge on any atom is -0.313 e. The van der Waals surface area contributed by atoms with Crippen LogP contribution in [0.2, 0.25) is 0 Å². The summed E-state index contributed by atoms with van der Waals surface area (Å²) in [7, 11) is -0.275. The van der Waals surface area contributed by atoms with Gasteiger partial charge in [-0.05, 0) is 47.5 Å². The molecule has 1 aromatic heterocycles. The number of sulfonamides is 1. The van der Waals surface area contributed by atoms with Gasteiger partial charge in [0.05, 0.1) is 10.5 Å². The second-order valence-corrected chi connectivity index (χ2v) is 11.4. The van der Waals surface area contributed by atoms with Gasteiger partial charge in [0.25, 0.3) is 11.8 Å². The Morgan fingerprint density at radius 2 is 1.50 bits per heavy atom. The van der Waals surface area contributed by atoms with Crippen LogP contribution in [0.4, 0.5) is 5.00 Å². The lowest BCUT2D eigenvalue weighted by molar-refractivity contribution is 0.0858. The van der Waals surface area contributed by atoms with Crippen LogP contribution in [0.25, 0.3) is 0 Å². The first-order valence-corrected chi connectivity index (χ1v) is 12.7. The molecule has 2 rings (SSSR count). The minimum atomic E-state index is -3.67. The summed E-state index contributed by atoms with van der Waals surface area (Å²) in [6, 6.07) is 7.50. The van der Waals surface area contributed by atoms with Gasteiger partial charge >= 0.3 is 0 Å². The Bertz CT molecular complexity index is 1020. The predicted molar refractivity (Wildman–Crippen MR) is 128 cm³/mol. The highest BCUT2D eigenvalue weighted by molar-refractivity contribution is 7.89. The Hall–Kier alpha value is -2.27. The number of benzene rings is 1. The zero-order valence-electron chi connectivity index (χ0n) is 19.4. The van der Waals surface area contributed by atoms with Crippen molar-refractivity contribution in [3.8, 4) is 0 Å². The van der Waals surface area contributed by atoms with Crippen LogP contribution >= 0.6 is 11.3 Å². The number of amides is 2. The van der Waals surface area contributed by atoms with Crippen LogP contribution < -0.4 is 10.7 Å². The molecule has 0 aliphatic rings. The zero-order chi connectivity index (χ0) is 24.1. The fourth-order valence-corrected chi connectivity index (χ4v) is 5.58. The summed E-state index contributed by atoms with van der Waals surface area (Å²) >= 11 is 1.24. The molecule has 0 bridgehead atoms. The van der Waals surface area contributed by atoms with E-state index in [0.717, 1.165) is 0 Å². The maximum absolute atomic E-state index is 13.1. The number of carbonyl (C=O) groups excluding carboxylic acids is 2. The summed E-state index contributed by atoms with van der Waals surface area (Å²) in [5, 5.41) is 6.39. The number of anilines is 1. The molecule has 0 aliphatic heterocycles. The molecule has 176 valence electrons. The third-order valence-corrected chi connectivity index (χ3v) is 7.03. The average Bonchev–Trinajstić information content (AvgIpc) is 3.14. The van der Waals surface area contributed by atoms with Crippen molar-refractivity contribution in [2.24, 2.45) is 11.8 Å². The Kier molecular flexibility index (Phi) is 8.97. The fraction of sp³-hybridized carbons (Fsp3) is 0.455. The van der Waals surface area contributed by atoms with E-state index in [2.05, 4.69) is 10.7 Å². The third-order valence-electron chi connectivity index (χ3n) is 4.35. The number of carbonyl (C=O) groups is 2. The summed E-state index contributed by atoms with van der Waals surface area (Å²) in [5.41, 5.74) is 3.30. The van der Waals surface area contributed by atoms with Gasteiger partial charge in [0.15, 0.2) is 0 Å². The van der Waals surface area contributed by atoms with E-state index >= 15 is 0 Å². The average molecular weight is 481 g/mol. The molecule has 0 unspecified atom stereocenters. The van der Waals surface area contributed by atoms with E-state index in [-0.39, 0.29) is 22.6 Å². The standard InChI is InChI=1S/C22H32N4O4S2/c1-15(2)13-26(14-16(3)4)32(29,30)18-9-7-17(8-10-18)20(27)23-22-19(11-12-31-22)21(28)24-25(5)6/h7-12,15-16H,13-14H2,1-6H3,(H,23,27)(H,24,28). The molecule has 32 heavy (non-hydrogen) atoms. The summed E-state index contributed by atoms with van der Waals surface area (Å²) in [5.74, 6) is -0.364. The van der Waals surface area contributed by atoms with Crippen molar-refractivity contribution in [1.29, 1.82) is 0 Å². The molecule has 1 aromatic carbocycles. The summed E-state index contributed by atoms with van der Waals surface area (Å²) in [4.78, 5) is 25.1. The second kappa shape index (κ2) is 11.0. The maximum atomic E-state index is 13.1. The van der Waals surface area contributed by atoms with Gasteiger partial charge in [-0.2, -0.15) is 4.31 Å². The van der Waals surface area contributed by atoms with Gasteiger partial charge in [-0.3, -0.25) is 15.0 Å². The van der Waals surface area contributed by atoms with E-state index in [9.17, 15) is 18.0 Å². The van der Waals surface area contributed by atoms with Crippen molar-refractivity contribution in [3.63, 3.8) is 0 Å². The van der Waals surface area contributed by atoms with Crippen LogP contribution in [0.1, 0.15) is 48.4 Å². The molecule has 8 nitrogen and oxygen atoms in total. The highest BCUT2D eigenvalue weighted by Crippen LogP contribution is 2.25. The lowest BCUT2D eigenvalue weighted by Crippen LogP contribution is -2.37. The first-order valence-electron chi connectivity index (χ1n) is 10.4. The second-order valence-electron chi connectivity index (χ2n) is 8.59. The maximum Gasteiger partial charge on any atom is 0.268 e. The number of nitrogens with one attached hydrogen (secondary N) is 2. The third kappa shape index (κ3) is 6.86. The highest BCUT2D eigenvalue weighted by atomic mass is 32.2. The lowest BCUT2D eigenvalue weighted by atomic mass is 10.2. The van der Waals surface area contributed by atoms with Crippen molar-refractivity contribution < 1.29 is 18.0 Å². The zero-order valence-corrected chi connectivity index (χ0v) is 21.0. The van der Waals surface area contributed by atoms with Crippen molar-refractivity contribution in [2.75, 3.05) is 32.5 Å². The summed E-state index contributed by atoms with van der Waals surface area (Å²) < 4.78 is 27.8. The number of nitrogens with zero attached hydrogens (tertiary/aromatic N) is 2. The summed E-state index contributed by atoms with van der Waals surface area (Å²) in [6.45, 7) is 8.78. The molecule has 2 N–H and O–H groups in total. The molecule has 0 atom stereocenters. The molecule has 0 radical (unpaired) electrons. The van der Waals surface area contributed by atoms with E-state index in [0.29, 0.717) is 29.2 Å². The van der Waals surface area contributed by atoms with E-state index < -0.39 is 15.9 Å². The molecule has 0 aliphatic carbocycles. The number of hydrogen-bond donors (Lipinski definition) is 2. The van der Waals surface area contributed by atoms with Gasteiger partial charge in [-0.25, -0.2) is 13.4 Å². The number of hydrogen-bond acceptors (Lipinski definition) is 6. The number of rotatable bonds is 10. The quantitative estimate of drug-likeness (QED) is 0.507. The van der Waals surface area contributed by atoms with Gasteiger partial charge in [-0.1, -0.05) is 27.7 Å². The van der Waals surface area contributed by atoms with Crippen molar-refractivity contribution in [2.45, 2.75) is 32.6 Å². The Labute approximate surface area is 194 Å².